The molecule has 1 aliphatic rings. The first-order valence-corrected chi connectivity index (χ1v) is 7.49. The molecular formula is C19H17N3O. The van der Waals surface area contributed by atoms with Crippen molar-refractivity contribution in [3.8, 4) is 5.69 Å². The van der Waals surface area contributed by atoms with E-state index in [-0.39, 0.29) is 0 Å². The Hall–Kier alpha value is -3.06. The molecule has 0 unspecified atom stereocenters. The second-order valence-corrected chi connectivity index (χ2v) is 4.99. The van der Waals surface area contributed by atoms with Gasteiger partial charge in [0.1, 0.15) is 0 Å². The van der Waals surface area contributed by atoms with Gasteiger partial charge in [-0.05, 0) is 43.9 Å². The first-order valence-electron chi connectivity index (χ1n) is 7.49. The highest BCUT2D eigenvalue weighted by molar-refractivity contribution is 5.84. The summed E-state index contributed by atoms with van der Waals surface area (Å²) in [4.78, 5) is 4.53. The van der Waals surface area contributed by atoms with Crippen LogP contribution < -0.4 is 0 Å². The summed E-state index contributed by atoms with van der Waals surface area (Å²) >= 11 is 0. The van der Waals surface area contributed by atoms with Crippen molar-refractivity contribution < 1.29 is 4.74 Å². The predicted molar refractivity (Wildman–Crippen MR) is 91.3 cm³/mol. The molecule has 0 radical (unpaired) electrons. The van der Waals surface area contributed by atoms with E-state index in [1.54, 1.807) is 6.21 Å². The van der Waals surface area contributed by atoms with Crippen molar-refractivity contribution in [3.63, 3.8) is 0 Å². The number of ether oxygens (including phenoxy) is 1. The van der Waals surface area contributed by atoms with Gasteiger partial charge in [-0.25, -0.2) is 9.67 Å². The van der Waals surface area contributed by atoms with E-state index >= 15 is 0 Å². The molecule has 3 rings (SSSR count). The fraction of sp³-hybridized carbons (Fsp3) is 0.158. The van der Waals surface area contributed by atoms with E-state index in [9.17, 15) is 0 Å². The first-order chi connectivity index (χ1) is 11.3. The van der Waals surface area contributed by atoms with Crippen molar-refractivity contribution in [1.82, 2.24) is 9.78 Å². The van der Waals surface area contributed by atoms with Gasteiger partial charge in [0, 0.05) is 17.9 Å². The van der Waals surface area contributed by atoms with Gasteiger partial charge in [0.05, 0.1) is 18.0 Å². The summed E-state index contributed by atoms with van der Waals surface area (Å²) in [6, 6.07) is 11.9. The third-order valence-electron chi connectivity index (χ3n) is 3.19. The van der Waals surface area contributed by atoms with Crippen LogP contribution in [-0.2, 0) is 4.74 Å². The molecule has 0 spiro atoms. The van der Waals surface area contributed by atoms with Crippen molar-refractivity contribution in [2.24, 2.45) is 4.99 Å². The zero-order chi connectivity index (χ0) is 16.1. The Bertz CT molecular complexity index is 859. The third-order valence-corrected chi connectivity index (χ3v) is 3.19. The van der Waals surface area contributed by atoms with Gasteiger partial charge < -0.3 is 4.74 Å². The van der Waals surface area contributed by atoms with E-state index in [0.717, 1.165) is 22.8 Å². The van der Waals surface area contributed by atoms with Crippen LogP contribution in [0, 0.1) is 6.92 Å². The molecule has 1 aliphatic carbocycles. The second kappa shape index (κ2) is 6.80. The molecule has 0 fully saturated rings. The highest BCUT2D eigenvalue weighted by Crippen LogP contribution is 2.19. The number of allylic oxidation sites excluding steroid dienone is 3. The first kappa shape index (κ1) is 14.9. The van der Waals surface area contributed by atoms with Crippen LogP contribution in [0.3, 0.4) is 0 Å². The zero-order valence-corrected chi connectivity index (χ0v) is 13.2. The number of para-hydroxylation sites is 1. The molecule has 1 heterocycles. The van der Waals surface area contributed by atoms with Gasteiger partial charge in [-0.1, -0.05) is 23.9 Å². The lowest BCUT2D eigenvalue weighted by molar-refractivity contribution is 0.243. The maximum Gasteiger partial charge on any atom is 0.170 e. The van der Waals surface area contributed by atoms with Crippen LogP contribution in [0.1, 0.15) is 12.6 Å². The summed E-state index contributed by atoms with van der Waals surface area (Å²) in [6.45, 7) is 4.51. The molecule has 1 aromatic carbocycles. The van der Waals surface area contributed by atoms with Gasteiger partial charge in [-0.15, -0.1) is 0 Å². The molecule has 2 aromatic rings. The van der Waals surface area contributed by atoms with E-state index in [4.69, 9.17) is 4.74 Å². The Morgan fingerprint density at radius 2 is 2.04 bits per heavy atom. The maximum absolute atomic E-state index is 5.36. The van der Waals surface area contributed by atoms with Gasteiger partial charge in [-0.3, -0.25) is 0 Å². The Labute approximate surface area is 135 Å². The number of benzene rings is 1. The molecule has 0 bridgehead atoms. The predicted octanol–water partition coefficient (Wildman–Crippen LogP) is 4.05. The molecule has 23 heavy (non-hydrogen) atoms. The molecule has 4 heteroatoms. The zero-order valence-electron chi connectivity index (χ0n) is 13.2. The number of hydrogen-bond donors (Lipinski definition) is 0. The van der Waals surface area contributed by atoms with Crippen LogP contribution in [0.15, 0.2) is 76.3 Å². The van der Waals surface area contributed by atoms with Crippen LogP contribution >= 0.6 is 0 Å². The number of aromatic nitrogens is 2. The van der Waals surface area contributed by atoms with E-state index in [0.29, 0.717) is 12.4 Å². The van der Waals surface area contributed by atoms with Crippen molar-refractivity contribution >= 4 is 12.0 Å². The molecule has 114 valence electrons. The van der Waals surface area contributed by atoms with Crippen LogP contribution in [0.2, 0.25) is 0 Å². The summed E-state index contributed by atoms with van der Waals surface area (Å²) in [5.74, 6) is 1.46. The SMILES string of the molecule is CCOC1=C=C=C(C=Nc2cc(C)nn2-c2ccccc2)C=C1. The molecule has 0 N–H and O–H groups in total. The maximum atomic E-state index is 5.36. The number of nitrogens with zero attached hydrogens (tertiary/aromatic N) is 3. The van der Waals surface area contributed by atoms with Gasteiger partial charge in [0.25, 0.3) is 0 Å². The minimum absolute atomic E-state index is 0.618. The van der Waals surface area contributed by atoms with E-state index in [1.165, 1.54) is 0 Å². The fourth-order valence-electron chi connectivity index (χ4n) is 2.17. The summed E-state index contributed by atoms with van der Waals surface area (Å²) in [5, 5.41) is 4.50. The monoisotopic (exact) mass is 303 g/mol. The summed E-state index contributed by atoms with van der Waals surface area (Å²) in [7, 11) is 0. The Balaban J connectivity index is 1.90. The normalized spacial score (nSPS) is 13.3. The quantitative estimate of drug-likeness (QED) is 0.617. The van der Waals surface area contributed by atoms with Gasteiger partial charge in [0.2, 0.25) is 0 Å². The summed E-state index contributed by atoms with van der Waals surface area (Å²) in [6.07, 6.45) is 5.52. The summed E-state index contributed by atoms with van der Waals surface area (Å²) < 4.78 is 7.18. The Morgan fingerprint density at radius 1 is 1.22 bits per heavy atom. The van der Waals surface area contributed by atoms with Crippen LogP contribution in [-0.4, -0.2) is 22.6 Å². The molecule has 0 atom stereocenters. The molecule has 0 saturated heterocycles. The van der Waals surface area contributed by atoms with Gasteiger partial charge in [0.15, 0.2) is 11.6 Å². The van der Waals surface area contributed by atoms with Crippen molar-refractivity contribution in [1.29, 1.82) is 0 Å². The van der Waals surface area contributed by atoms with Crippen molar-refractivity contribution in [3.05, 3.63) is 77.0 Å². The number of rotatable bonds is 5. The Morgan fingerprint density at radius 3 is 2.74 bits per heavy atom. The van der Waals surface area contributed by atoms with Gasteiger partial charge >= 0.3 is 0 Å². The van der Waals surface area contributed by atoms with E-state index < -0.39 is 0 Å². The van der Waals surface area contributed by atoms with Crippen LogP contribution in [0.25, 0.3) is 5.69 Å². The third kappa shape index (κ3) is 3.58. The number of aryl methyl sites for hydroxylation is 1. The smallest absolute Gasteiger partial charge is 0.170 e. The van der Waals surface area contributed by atoms with E-state index in [2.05, 4.69) is 21.6 Å². The lowest BCUT2D eigenvalue weighted by atomic mass is 10.2. The minimum atomic E-state index is 0.618. The molecule has 0 amide bonds. The van der Waals surface area contributed by atoms with Crippen molar-refractivity contribution in [2.75, 3.05) is 6.61 Å². The average molecular weight is 303 g/mol. The molecule has 4 nitrogen and oxygen atoms in total. The standard InChI is InChI=1S/C19H17N3O/c1-3-23-18-11-9-16(10-12-18)14-20-19-13-15(2)21-22(19)17-7-5-4-6-8-17/h4-9,11,13-14H,3H2,1-2H3. The number of aliphatic imine (C=N–C) groups is 1. The number of hydrogen-bond acceptors (Lipinski definition) is 3. The molecule has 1 aromatic heterocycles. The van der Waals surface area contributed by atoms with Gasteiger partial charge in [-0.2, -0.15) is 5.10 Å². The second-order valence-electron chi connectivity index (χ2n) is 4.99. The summed E-state index contributed by atoms with van der Waals surface area (Å²) in [5.41, 5.74) is 8.73. The minimum Gasteiger partial charge on any atom is -0.486 e. The molecule has 0 saturated carbocycles. The highest BCUT2D eigenvalue weighted by atomic mass is 16.5. The highest BCUT2D eigenvalue weighted by Gasteiger charge is 2.05. The lowest BCUT2D eigenvalue weighted by Gasteiger charge is -2.03. The Kier molecular flexibility index (Phi) is 4.39. The van der Waals surface area contributed by atoms with Crippen molar-refractivity contribution in [2.45, 2.75) is 13.8 Å². The lowest BCUT2D eigenvalue weighted by Crippen LogP contribution is -1.96. The van der Waals surface area contributed by atoms with Crippen LogP contribution in [0.5, 0.6) is 0 Å². The average Bonchev–Trinajstić information content (AvgIpc) is 2.96. The topological polar surface area (TPSA) is 39.4 Å². The fourth-order valence-corrected chi connectivity index (χ4v) is 2.17. The largest absolute Gasteiger partial charge is 0.486 e. The van der Waals surface area contributed by atoms with Crippen LogP contribution in [0.4, 0.5) is 5.82 Å². The molecule has 0 aliphatic heterocycles. The molecular weight excluding hydrogens is 286 g/mol. The van der Waals surface area contributed by atoms with E-state index in [1.807, 2.05) is 67.1 Å².